The molecule has 0 radical (unpaired) electrons. The summed E-state index contributed by atoms with van der Waals surface area (Å²) in [5, 5.41) is 4.88. The molecule has 1 aliphatic carbocycles. The Bertz CT molecular complexity index is 1380. The van der Waals surface area contributed by atoms with Gasteiger partial charge in [-0.3, -0.25) is 19.3 Å². The summed E-state index contributed by atoms with van der Waals surface area (Å²) in [6.45, 7) is 8.43. The van der Waals surface area contributed by atoms with Crippen LogP contribution in [0.5, 0.6) is 5.75 Å². The zero-order valence-electron chi connectivity index (χ0n) is 21.8. The molecular formula is C28H33N5O4. The van der Waals surface area contributed by atoms with Crippen LogP contribution in [0.3, 0.4) is 0 Å². The third kappa shape index (κ3) is 4.37. The van der Waals surface area contributed by atoms with E-state index in [-0.39, 0.29) is 5.91 Å². The number of carbonyl (C=O) groups excluding carboxylic acids is 2. The number of pyridine rings is 1. The number of morpholine rings is 1. The third-order valence-corrected chi connectivity index (χ3v) is 7.24. The van der Waals surface area contributed by atoms with Crippen LogP contribution >= 0.6 is 0 Å². The first-order valence-corrected chi connectivity index (χ1v) is 12.7. The number of hydrogen-bond donors (Lipinski definition) is 1. The van der Waals surface area contributed by atoms with Crippen LogP contribution in [0.1, 0.15) is 59.2 Å². The van der Waals surface area contributed by atoms with Crippen molar-refractivity contribution in [2.45, 2.75) is 52.1 Å². The lowest BCUT2D eigenvalue weighted by Gasteiger charge is -2.41. The monoisotopic (exact) mass is 503 g/mol. The zero-order valence-corrected chi connectivity index (χ0v) is 21.8. The van der Waals surface area contributed by atoms with Crippen LogP contribution in [0.15, 0.2) is 30.6 Å². The molecule has 2 aliphatic rings. The second-order valence-electron chi connectivity index (χ2n) is 10.3. The van der Waals surface area contributed by atoms with Gasteiger partial charge in [0.25, 0.3) is 5.91 Å². The van der Waals surface area contributed by atoms with Gasteiger partial charge in [-0.05, 0) is 56.9 Å². The number of rotatable bonds is 6. The smallest absolute Gasteiger partial charge is 0.275 e. The molecule has 3 heterocycles. The normalized spacial score (nSPS) is 16.2. The van der Waals surface area contributed by atoms with Crippen molar-refractivity contribution in [2.24, 2.45) is 5.73 Å². The second-order valence-corrected chi connectivity index (χ2v) is 10.3. The molecule has 1 aliphatic heterocycles. The molecule has 2 N–H and O–H groups in total. The second kappa shape index (κ2) is 9.63. The van der Waals surface area contributed by atoms with E-state index in [0.29, 0.717) is 43.3 Å². The number of carbonyl (C=O) groups is 2. The van der Waals surface area contributed by atoms with E-state index in [4.69, 9.17) is 20.3 Å². The third-order valence-electron chi connectivity index (χ3n) is 7.24. The lowest BCUT2D eigenvalue weighted by Crippen LogP contribution is -2.55. The van der Waals surface area contributed by atoms with Crippen molar-refractivity contribution in [1.29, 1.82) is 0 Å². The fraction of sp³-hybridized carbons (Fsp3) is 0.429. The van der Waals surface area contributed by atoms with Crippen molar-refractivity contribution in [1.82, 2.24) is 19.7 Å². The topological polar surface area (TPSA) is 113 Å². The van der Waals surface area contributed by atoms with Crippen LogP contribution in [0, 0.1) is 0 Å². The van der Waals surface area contributed by atoms with E-state index in [0.717, 1.165) is 52.8 Å². The van der Waals surface area contributed by atoms with Gasteiger partial charge in [-0.1, -0.05) is 6.92 Å². The predicted molar refractivity (Wildman–Crippen MR) is 140 cm³/mol. The van der Waals surface area contributed by atoms with Gasteiger partial charge in [0, 0.05) is 47.7 Å². The molecule has 5 rings (SSSR count). The van der Waals surface area contributed by atoms with Gasteiger partial charge in [0.05, 0.1) is 37.1 Å². The number of amides is 2. The van der Waals surface area contributed by atoms with E-state index >= 15 is 0 Å². The highest BCUT2D eigenvalue weighted by Gasteiger charge is 2.38. The summed E-state index contributed by atoms with van der Waals surface area (Å²) in [5.74, 6) is 0.109. The van der Waals surface area contributed by atoms with E-state index in [1.54, 1.807) is 19.4 Å². The maximum atomic E-state index is 13.8. The molecule has 0 bridgehead atoms. The highest BCUT2D eigenvalue weighted by Crippen LogP contribution is 2.42. The first-order valence-electron chi connectivity index (χ1n) is 12.7. The van der Waals surface area contributed by atoms with Gasteiger partial charge >= 0.3 is 0 Å². The number of aryl methyl sites for hydroxylation is 2. The minimum Gasteiger partial charge on any atom is -0.496 e. The van der Waals surface area contributed by atoms with Gasteiger partial charge in [-0.25, -0.2) is 0 Å². The van der Waals surface area contributed by atoms with Crippen LogP contribution in [-0.2, 0) is 24.1 Å². The Morgan fingerprint density at radius 2 is 1.97 bits per heavy atom. The summed E-state index contributed by atoms with van der Waals surface area (Å²) >= 11 is 0. The molecule has 37 heavy (non-hydrogen) atoms. The number of hydrogen-bond acceptors (Lipinski definition) is 6. The Morgan fingerprint density at radius 1 is 1.16 bits per heavy atom. The maximum Gasteiger partial charge on any atom is 0.275 e. The molecule has 1 aromatic carbocycles. The summed E-state index contributed by atoms with van der Waals surface area (Å²) in [5.41, 5.74) is 11.6. The van der Waals surface area contributed by atoms with Crippen LogP contribution < -0.4 is 10.5 Å². The predicted octanol–water partition coefficient (Wildman–Crippen LogP) is 3.48. The SMILES string of the molecule is CCCn1nc(C(=O)N2CCOCC2(C)C)c2c1-c1cc(-c3cncc(C(N)=O)c3)c(OC)cc1CC2. The number of nitrogens with zero attached hydrogens (tertiary/aromatic N) is 4. The Morgan fingerprint density at radius 3 is 2.68 bits per heavy atom. The Balaban J connectivity index is 1.66. The number of aromatic nitrogens is 3. The highest BCUT2D eigenvalue weighted by molar-refractivity contribution is 5.97. The molecule has 1 fully saturated rings. The van der Waals surface area contributed by atoms with E-state index < -0.39 is 11.4 Å². The van der Waals surface area contributed by atoms with Gasteiger partial charge in [0.2, 0.25) is 5.91 Å². The van der Waals surface area contributed by atoms with Gasteiger partial charge < -0.3 is 20.1 Å². The molecule has 1 saturated heterocycles. The van der Waals surface area contributed by atoms with E-state index in [1.807, 2.05) is 29.5 Å². The number of fused-ring (bicyclic) bond motifs is 3. The van der Waals surface area contributed by atoms with Crippen molar-refractivity contribution in [2.75, 3.05) is 26.9 Å². The average molecular weight is 504 g/mol. The van der Waals surface area contributed by atoms with E-state index in [2.05, 4.69) is 18.0 Å². The summed E-state index contributed by atoms with van der Waals surface area (Å²) in [6, 6.07) is 5.83. The molecule has 0 saturated carbocycles. The fourth-order valence-corrected chi connectivity index (χ4v) is 5.37. The van der Waals surface area contributed by atoms with Gasteiger partial charge in [0.1, 0.15) is 5.75 Å². The Labute approximate surface area is 216 Å². The molecule has 0 unspecified atom stereocenters. The molecule has 2 aromatic heterocycles. The van der Waals surface area contributed by atoms with Gasteiger partial charge in [-0.2, -0.15) is 5.10 Å². The van der Waals surface area contributed by atoms with Gasteiger partial charge in [-0.15, -0.1) is 0 Å². The average Bonchev–Trinajstić information content (AvgIpc) is 3.26. The standard InChI is InChI=1S/C28H33N5O4/c1-5-8-33-25-20(24(31-33)27(35)32-9-10-37-16-28(32,2)3)7-6-17-12-23(36-4)21(13-22(17)25)18-11-19(26(29)34)15-30-14-18/h11-15H,5-10,16H2,1-4H3,(H2,29,34). The summed E-state index contributed by atoms with van der Waals surface area (Å²) in [4.78, 5) is 31.7. The van der Waals surface area contributed by atoms with E-state index in [1.165, 1.54) is 6.20 Å². The summed E-state index contributed by atoms with van der Waals surface area (Å²) < 4.78 is 13.4. The number of methoxy groups -OCH3 is 1. The molecule has 0 atom stereocenters. The molecular weight excluding hydrogens is 470 g/mol. The largest absolute Gasteiger partial charge is 0.496 e. The fourth-order valence-electron chi connectivity index (χ4n) is 5.37. The lowest BCUT2D eigenvalue weighted by molar-refractivity contribution is -0.0374. The van der Waals surface area contributed by atoms with Crippen molar-refractivity contribution >= 4 is 11.8 Å². The lowest BCUT2D eigenvalue weighted by atomic mass is 9.86. The van der Waals surface area contributed by atoms with Crippen molar-refractivity contribution < 1.29 is 19.1 Å². The van der Waals surface area contributed by atoms with Crippen LogP contribution in [0.4, 0.5) is 0 Å². The summed E-state index contributed by atoms with van der Waals surface area (Å²) in [6.07, 6.45) is 5.52. The number of nitrogens with two attached hydrogens (primary N) is 1. The van der Waals surface area contributed by atoms with Crippen molar-refractivity contribution in [3.63, 3.8) is 0 Å². The maximum absolute atomic E-state index is 13.8. The van der Waals surface area contributed by atoms with Crippen LogP contribution in [0.2, 0.25) is 0 Å². The number of benzene rings is 1. The summed E-state index contributed by atoms with van der Waals surface area (Å²) in [7, 11) is 1.63. The minimum atomic E-state index is -0.538. The molecule has 0 spiro atoms. The first-order chi connectivity index (χ1) is 17.7. The Kier molecular flexibility index (Phi) is 6.49. The molecule has 194 valence electrons. The molecule has 2 amide bonds. The quantitative estimate of drug-likeness (QED) is 0.551. The van der Waals surface area contributed by atoms with Crippen molar-refractivity contribution in [3.05, 3.63) is 53.0 Å². The molecule has 9 heteroatoms. The van der Waals surface area contributed by atoms with E-state index in [9.17, 15) is 9.59 Å². The van der Waals surface area contributed by atoms with Gasteiger partial charge in [0.15, 0.2) is 5.69 Å². The number of primary amides is 1. The van der Waals surface area contributed by atoms with Crippen LogP contribution in [0.25, 0.3) is 22.4 Å². The minimum absolute atomic E-state index is 0.0463. The Hall–Kier alpha value is -3.72. The highest BCUT2D eigenvalue weighted by atomic mass is 16.5. The number of ether oxygens (including phenoxy) is 2. The molecule has 9 nitrogen and oxygen atoms in total. The van der Waals surface area contributed by atoms with Crippen LogP contribution in [-0.4, -0.2) is 63.9 Å². The molecule has 3 aromatic rings. The zero-order chi connectivity index (χ0) is 26.3. The van der Waals surface area contributed by atoms with Crippen molar-refractivity contribution in [3.8, 4) is 28.1 Å². The first kappa shape index (κ1) is 25.0.